The molecule has 0 rings (SSSR count). The molecule has 0 aromatic carbocycles. The quantitative estimate of drug-likeness (QED) is 0.492. The molecule has 0 aromatic rings. The van der Waals surface area contributed by atoms with Crippen LogP contribution in [0.3, 0.4) is 0 Å². The number of rotatable bonds is 3. The highest BCUT2D eigenvalue weighted by atomic mass is 32.2. The summed E-state index contributed by atoms with van der Waals surface area (Å²) in [6.45, 7) is 2.02. The predicted molar refractivity (Wildman–Crippen MR) is 28.7 cm³/mol. The van der Waals surface area contributed by atoms with Gasteiger partial charge in [0.05, 0.1) is 5.75 Å². The topological polar surface area (TPSA) is 17.1 Å². The van der Waals surface area contributed by atoms with Crippen molar-refractivity contribution in [3.8, 4) is 0 Å². The Kier molecular flexibility index (Phi) is 5.04. The highest BCUT2D eigenvalue weighted by Gasteiger charge is 1.76. The van der Waals surface area contributed by atoms with Gasteiger partial charge in [-0.05, 0) is 5.75 Å². The third-order valence-corrected chi connectivity index (χ3v) is 1.10. The van der Waals surface area contributed by atoms with Crippen LogP contribution in [0.2, 0.25) is 0 Å². The van der Waals surface area contributed by atoms with Crippen LogP contribution in [0.1, 0.15) is 6.92 Å². The van der Waals surface area contributed by atoms with Crippen molar-refractivity contribution in [3.63, 3.8) is 0 Å². The molecule has 0 aliphatic heterocycles. The molecule has 0 N–H and O–H groups in total. The van der Waals surface area contributed by atoms with Gasteiger partial charge < -0.3 is 0 Å². The van der Waals surface area contributed by atoms with E-state index in [-0.39, 0.29) is 0 Å². The first kappa shape index (κ1) is 6.02. The van der Waals surface area contributed by atoms with Crippen molar-refractivity contribution in [2.45, 2.75) is 6.92 Å². The van der Waals surface area contributed by atoms with Crippen LogP contribution in [0, 0.1) is 0 Å². The Balaban J connectivity index is 2.49. The van der Waals surface area contributed by atoms with Gasteiger partial charge >= 0.3 is 0 Å². The van der Waals surface area contributed by atoms with Crippen LogP contribution in [0.25, 0.3) is 0 Å². The van der Waals surface area contributed by atoms with E-state index in [1.165, 1.54) is 0 Å². The molecule has 0 bridgehead atoms. The van der Waals surface area contributed by atoms with E-state index in [0.717, 1.165) is 5.75 Å². The molecule has 0 unspecified atom stereocenters. The average molecular weight is 103 g/mol. The summed E-state index contributed by atoms with van der Waals surface area (Å²) >= 11 is 1.58. The van der Waals surface area contributed by atoms with Gasteiger partial charge in [0.2, 0.25) is 6.29 Å². The van der Waals surface area contributed by atoms with E-state index < -0.39 is 0 Å². The maximum absolute atomic E-state index is 9.42. The first-order valence-electron chi connectivity index (χ1n) is 1.84. The summed E-state index contributed by atoms with van der Waals surface area (Å²) in [6.07, 6.45) is 1.78. The maximum Gasteiger partial charge on any atom is 0.209 e. The number of thioether (sulfide) groups is 1. The predicted octanol–water partition coefficient (Wildman–Crippen LogP) is 0.849. The molecule has 2 heteroatoms. The molecule has 0 atom stereocenters. The zero-order valence-electron chi connectivity index (χ0n) is 3.73. The van der Waals surface area contributed by atoms with Crippen LogP contribution < -0.4 is 0 Å². The van der Waals surface area contributed by atoms with Gasteiger partial charge in [0.15, 0.2) is 0 Å². The molecule has 0 saturated heterocycles. The van der Waals surface area contributed by atoms with E-state index in [1.807, 2.05) is 6.92 Å². The number of hydrogen-bond donors (Lipinski definition) is 0. The van der Waals surface area contributed by atoms with Crippen molar-refractivity contribution < 1.29 is 4.79 Å². The van der Waals surface area contributed by atoms with Gasteiger partial charge in [-0.2, -0.15) is 11.8 Å². The Morgan fingerprint density at radius 3 is 2.67 bits per heavy atom. The fourth-order valence-corrected chi connectivity index (χ4v) is 0.431. The van der Waals surface area contributed by atoms with E-state index in [2.05, 4.69) is 0 Å². The molecule has 6 heavy (non-hydrogen) atoms. The molecule has 35 valence electrons. The molecular formula is C4H7OS. The fraction of sp³-hybridized carbons (Fsp3) is 0.750. The van der Waals surface area contributed by atoms with Crippen molar-refractivity contribution in [1.29, 1.82) is 0 Å². The Bertz CT molecular complexity index is 36.5. The second kappa shape index (κ2) is 5.02. The van der Waals surface area contributed by atoms with Crippen LogP contribution in [0.5, 0.6) is 0 Å². The van der Waals surface area contributed by atoms with Crippen LogP contribution in [-0.2, 0) is 4.79 Å². The van der Waals surface area contributed by atoms with Gasteiger partial charge in [0.1, 0.15) is 0 Å². The highest BCUT2D eigenvalue weighted by Crippen LogP contribution is 1.92. The van der Waals surface area contributed by atoms with Crippen LogP contribution in [0.4, 0.5) is 0 Å². The molecule has 0 spiro atoms. The van der Waals surface area contributed by atoms with Crippen LogP contribution in [-0.4, -0.2) is 17.8 Å². The Morgan fingerprint density at radius 1 is 1.83 bits per heavy atom. The van der Waals surface area contributed by atoms with Crippen LogP contribution in [0.15, 0.2) is 0 Å². The molecule has 0 amide bonds. The van der Waals surface area contributed by atoms with Gasteiger partial charge in [-0.15, -0.1) is 0 Å². The molecule has 0 fully saturated rings. The summed E-state index contributed by atoms with van der Waals surface area (Å²) in [4.78, 5) is 9.42. The van der Waals surface area contributed by atoms with E-state index in [9.17, 15) is 4.79 Å². The lowest BCUT2D eigenvalue weighted by molar-refractivity contribution is 0.560. The monoisotopic (exact) mass is 103 g/mol. The lowest BCUT2D eigenvalue weighted by atomic mass is 10.9. The fourth-order valence-electron chi connectivity index (χ4n) is 0.144. The molecule has 1 radical (unpaired) electrons. The summed E-state index contributed by atoms with van der Waals surface area (Å²) in [5, 5.41) is 0. The van der Waals surface area contributed by atoms with Crippen molar-refractivity contribution in [2.75, 3.05) is 11.5 Å². The third-order valence-electron chi connectivity index (χ3n) is 0.365. The van der Waals surface area contributed by atoms with Crippen molar-refractivity contribution >= 4 is 18.0 Å². The Hall–Kier alpha value is 0.0200. The Labute approximate surface area is 42.1 Å². The second-order valence-electron chi connectivity index (χ2n) is 0.781. The van der Waals surface area contributed by atoms with Crippen LogP contribution >= 0.6 is 11.8 Å². The van der Waals surface area contributed by atoms with E-state index in [4.69, 9.17) is 0 Å². The first-order valence-corrected chi connectivity index (χ1v) is 3.00. The number of carbonyl (C=O) groups excluding carboxylic acids is 1. The van der Waals surface area contributed by atoms with Crippen molar-refractivity contribution in [3.05, 3.63) is 0 Å². The van der Waals surface area contributed by atoms with Gasteiger partial charge in [-0.3, -0.25) is 4.79 Å². The number of hydrogen-bond acceptors (Lipinski definition) is 2. The van der Waals surface area contributed by atoms with E-state index in [1.54, 1.807) is 18.0 Å². The summed E-state index contributed by atoms with van der Waals surface area (Å²) < 4.78 is 0. The smallest absolute Gasteiger partial charge is 0.209 e. The average Bonchev–Trinajstić information content (AvgIpc) is 1.61. The minimum atomic E-state index is 0.524. The molecule has 0 saturated carbocycles. The lowest BCUT2D eigenvalue weighted by Gasteiger charge is -1.79. The summed E-state index contributed by atoms with van der Waals surface area (Å²) in [7, 11) is 0. The molecular weight excluding hydrogens is 96.1 g/mol. The van der Waals surface area contributed by atoms with E-state index in [0.29, 0.717) is 5.75 Å². The Morgan fingerprint density at radius 2 is 2.50 bits per heavy atom. The maximum atomic E-state index is 9.42. The first-order chi connectivity index (χ1) is 2.91. The normalized spacial score (nSPS) is 8.17. The largest absolute Gasteiger partial charge is 0.290 e. The second-order valence-corrected chi connectivity index (χ2v) is 2.06. The lowest BCUT2D eigenvalue weighted by Crippen LogP contribution is -1.76. The minimum absolute atomic E-state index is 0.524. The van der Waals surface area contributed by atoms with Gasteiger partial charge in [-0.1, -0.05) is 6.92 Å². The van der Waals surface area contributed by atoms with Gasteiger partial charge in [0, 0.05) is 0 Å². The zero-order valence-corrected chi connectivity index (χ0v) is 4.55. The van der Waals surface area contributed by atoms with Gasteiger partial charge in [0.25, 0.3) is 0 Å². The van der Waals surface area contributed by atoms with Gasteiger partial charge in [-0.25, -0.2) is 0 Å². The SMILES string of the molecule is CCSC[C]=O. The van der Waals surface area contributed by atoms with Crippen molar-refractivity contribution in [2.24, 2.45) is 0 Å². The molecule has 0 heterocycles. The molecule has 0 aromatic heterocycles. The zero-order chi connectivity index (χ0) is 4.83. The molecule has 0 aliphatic carbocycles. The standard InChI is InChI=1S/C4H7OS/c1-2-6-4-3-5/h2,4H2,1H3. The van der Waals surface area contributed by atoms with E-state index >= 15 is 0 Å². The summed E-state index contributed by atoms with van der Waals surface area (Å²) in [5.41, 5.74) is 0. The molecule has 0 aliphatic rings. The molecule has 1 nitrogen and oxygen atoms in total. The minimum Gasteiger partial charge on any atom is -0.290 e. The third kappa shape index (κ3) is 4.02. The summed E-state index contributed by atoms with van der Waals surface area (Å²) in [5.74, 6) is 1.53. The van der Waals surface area contributed by atoms with Crippen molar-refractivity contribution in [1.82, 2.24) is 0 Å². The highest BCUT2D eigenvalue weighted by molar-refractivity contribution is 7.99. The summed E-state index contributed by atoms with van der Waals surface area (Å²) in [6, 6.07) is 0.